The van der Waals surface area contributed by atoms with E-state index in [9.17, 15) is 8.94 Å². The first-order valence-electron chi connectivity index (χ1n) is 8.52. The van der Waals surface area contributed by atoms with Gasteiger partial charge in [-0.05, 0) is 74.5 Å². The minimum Gasteiger partial charge on any atom is -0.598 e. The van der Waals surface area contributed by atoms with Crippen molar-refractivity contribution >= 4 is 11.4 Å². The van der Waals surface area contributed by atoms with E-state index in [1.165, 1.54) is 5.56 Å². The molecule has 0 aromatic heterocycles. The first-order chi connectivity index (χ1) is 10.6. The molecule has 2 bridgehead atoms. The van der Waals surface area contributed by atoms with E-state index >= 15 is 0 Å². The van der Waals surface area contributed by atoms with Crippen LogP contribution >= 0.6 is 0 Å². The van der Waals surface area contributed by atoms with Crippen molar-refractivity contribution in [2.24, 2.45) is 11.3 Å². The van der Waals surface area contributed by atoms with E-state index in [0.29, 0.717) is 5.92 Å². The molecular formula is C19H28FNOS. The molecule has 3 aliphatic rings. The Morgan fingerprint density at radius 2 is 1.65 bits per heavy atom. The second-order valence-corrected chi connectivity index (χ2v) is 10.9. The number of benzene rings is 1. The predicted molar refractivity (Wildman–Crippen MR) is 94.0 cm³/mol. The summed E-state index contributed by atoms with van der Waals surface area (Å²) in [5, 5.41) is 0. The second kappa shape index (κ2) is 5.47. The fourth-order valence-electron chi connectivity index (χ4n) is 4.57. The lowest BCUT2D eigenvalue weighted by Gasteiger charge is -2.74. The third kappa shape index (κ3) is 2.83. The number of rotatable bonds is 5. The summed E-state index contributed by atoms with van der Waals surface area (Å²) in [4.78, 5) is 0. The normalized spacial score (nSPS) is 32.2. The van der Waals surface area contributed by atoms with Crippen LogP contribution in [-0.2, 0) is 16.8 Å². The number of hydrogen-bond donors (Lipinski definition) is 1. The van der Waals surface area contributed by atoms with Crippen LogP contribution in [0.3, 0.4) is 0 Å². The van der Waals surface area contributed by atoms with E-state index < -0.39 is 11.4 Å². The molecule has 0 spiro atoms. The van der Waals surface area contributed by atoms with Crippen LogP contribution in [0.4, 0.5) is 4.39 Å². The average molecular weight is 338 g/mol. The number of halogens is 1. The van der Waals surface area contributed by atoms with Gasteiger partial charge >= 0.3 is 0 Å². The van der Waals surface area contributed by atoms with Crippen molar-refractivity contribution in [1.82, 2.24) is 4.72 Å². The molecule has 0 amide bonds. The average Bonchev–Trinajstić information content (AvgIpc) is 2.35. The number of hydrogen-bond acceptors (Lipinski definition) is 2. The SMILES string of the molecule is CC(C)C(N[S+]([O-])C(C)(C)C)C12CC(c3ccc(F)cc3)(C1)C2. The van der Waals surface area contributed by atoms with Crippen LogP contribution in [0, 0.1) is 17.2 Å². The zero-order valence-corrected chi connectivity index (χ0v) is 15.6. The molecule has 4 rings (SSSR count). The van der Waals surface area contributed by atoms with Gasteiger partial charge in [0.05, 0.1) is 6.04 Å². The summed E-state index contributed by atoms with van der Waals surface area (Å²) in [5.41, 5.74) is 1.77. The molecule has 0 aliphatic heterocycles. The molecule has 4 heteroatoms. The van der Waals surface area contributed by atoms with Crippen molar-refractivity contribution in [1.29, 1.82) is 0 Å². The molecule has 0 saturated heterocycles. The van der Waals surface area contributed by atoms with E-state index in [2.05, 4.69) is 18.6 Å². The quantitative estimate of drug-likeness (QED) is 0.812. The van der Waals surface area contributed by atoms with E-state index in [1.807, 2.05) is 32.9 Å². The van der Waals surface area contributed by atoms with Crippen LogP contribution in [-0.4, -0.2) is 15.3 Å². The van der Waals surface area contributed by atoms with Crippen LogP contribution < -0.4 is 4.72 Å². The topological polar surface area (TPSA) is 35.1 Å². The van der Waals surface area contributed by atoms with Gasteiger partial charge < -0.3 is 4.55 Å². The zero-order valence-electron chi connectivity index (χ0n) is 14.8. The third-order valence-corrected chi connectivity index (χ3v) is 7.22. The first kappa shape index (κ1) is 17.2. The van der Waals surface area contributed by atoms with Crippen molar-refractivity contribution in [3.8, 4) is 0 Å². The monoisotopic (exact) mass is 337 g/mol. The highest BCUT2D eigenvalue weighted by Crippen LogP contribution is 2.75. The van der Waals surface area contributed by atoms with Crippen molar-refractivity contribution in [3.63, 3.8) is 0 Å². The van der Waals surface area contributed by atoms with Crippen molar-refractivity contribution in [2.75, 3.05) is 0 Å². The van der Waals surface area contributed by atoms with Crippen LogP contribution in [0.1, 0.15) is 59.4 Å². The molecule has 1 N–H and O–H groups in total. The standard InChI is InChI=1S/C19H28FNOS/c1-13(2)16(21-23(22)17(3,4)5)19-10-18(11-19,12-19)14-6-8-15(20)9-7-14/h6-9,13,16,21H,10-12H2,1-5H3. The second-order valence-electron chi connectivity index (χ2n) is 8.90. The fourth-order valence-corrected chi connectivity index (χ4v) is 5.67. The Balaban J connectivity index is 1.70. The molecule has 1 aromatic rings. The maximum atomic E-state index is 13.1. The molecule has 3 aliphatic carbocycles. The highest BCUT2D eigenvalue weighted by atomic mass is 32.2. The molecule has 1 aromatic carbocycles. The summed E-state index contributed by atoms with van der Waals surface area (Å²) in [6, 6.07) is 7.28. The highest BCUT2D eigenvalue weighted by Gasteiger charge is 2.71. The molecule has 23 heavy (non-hydrogen) atoms. The molecule has 2 unspecified atom stereocenters. The first-order valence-corrected chi connectivity index (χ1v) is 9.67. The summed E-state index contributed by atoms with van der Waals surface area (Å²) >= 11 is -1.04. The zero-order chi connectivity index (χ0) is 17.0. The van der Waals surface area contributed by atoms with E-state index in [0.717, 1.165) is 19.3 Å². The summed E-state index contributed by atoms with van der Waals surface area (Å²) < 4.78 is 28.8. The molecule has 0 radical (unpaired) electrons. The molecule has 2 nitrogen and oxygen atoms in total. The molecule has 0 heterocycles. The number of nitrogens with one attached hydrogen (secondary N) is 1. The summed E-state index contributed by atoms with van der Waals surface area (Å²) in [6.45, 7) is 10.4. The van der Waals surface area contributed by atoms with Crippen molar-refractivity contribution < 1.29 is 8.94 Å². The van der Waals surface area contributed by atoms with E-state index in [1.54, 1.807) is 12.1 Å². The third-order valence-electron chi connectivity index (χ3n) is 5.64. The Morgan fingerprint density at radius 1 is 1.13 bits per heavy atom. The van der Waals surface area contributed by atoms with Gasteiger partial charge in [-0.1, -0.05) is 26.0 Å². The van der Waals surface area contributed by atoms with Gasteiger partial charge in [0.15, 0.2) is 0 Å². The van der Waals surface area contributed by atoms with Crippen LogP contribution in [0.2, 0.25) is 0 Å². The van der Waals surface area contributed by atoms with Gasteiger partial charge in [-0.3, -0.25) is 0 Å². The molecule has 128 valence electrons. The Bertz CT molecular complexity index is 558. The smallest absolute Gasteiger partial charge is 0.136 e. The maximum absolute atomic E-state index is 13.1. The van der Waals surface area contributed by atoms with Gasteiger partial charge in [0.25, 0.3) is 0 Å². The minimum atomic E-state index is -1.04. The summed E-state index contributed by atoms with van der Waals surface area (Å²) in [7, 11) is 0. The summed E-state index contributed by atoms with van der Waals surface area (Å²) in [6.07, 6.45) is 3.38. The van der Waals surface area contributed by atoms with E-state index in [-0.39, 0.29) is 27.4 Å². The van der Waals surface area contributed by atoms with Crippen LogP contribution in [0.25, 0.3) is 0 Å². The van der Waals surface area contributed by atoms with Gasteiger partial charge in [-0.15, -0.1) is 4.72 Å². The highest BCUT2D eigenvalue weighted by molar-refractivity contribution is 7.90. The lowest BCUT2D eigenvalue weighted by atomic mass is 9.31. The summed E-state index contributed by atoms with van der Waals surface area (Å²) in [5.74, 6) is 0.283. The Kier molecular flexibility index (Phi) is 4.10. The van der Waals surface area contributed by atoms with Crippen LogP contribution in [0.15, 0.2) is 24.3 Å². The maximum Gasteiger partial charge on any atom is 0.136 e. The van der Waals surface area contributed by atoms with E-state index in [4.69, 9.17) is 0 Å². The molecular weight excluding hydrogens is 309 g/mol. The fraction of sp³-hybridized carbons (Fsp3) is 0.684. The predicted octanol–water partition coefficient (Wildman–Crippen LogP) is 4.32. The lowest BCUT2D eigenvalue weighted by molar-refractivity contribution is -0.168. The largest absolute Gasteiger partial charge is 0.598 e. The Hall–Kier alpha value is -0.580. The van der Waals surface area contributed by atoms with Crippen molar-refractivity contribution in [2.45, 2.75) is 70.1 Å². The van der Waals surface area contributed by atoms with Gasteiger partial charge in [0.2, 0.25) is 0 Å². The molecule has 3 fully saturated rings. The Labute approximate surface area is 142 Å². The minimum absolute atomic E-state index is 0.169. The lowest BCUT2D eigenvalue weighted by Crippen LogP contribution is -2.73. The van der Waals surface area contributed by atoms with Crippen LogP contribution in [0.5, 0.6) is 0 Å². The van der Waals surface area contributed by atoms with Gasteiger partial charge in [0.1, 0.15) is 10.6 Å². The molecule has 3 saturated carbocycles. The molecule has 2 atom stereocenters. The van der Waals surface area contributed by atoms with Gasteiger partial charge in [-0.25, -0.2) is 4.39 Å². The van der Waals surface area contributed by atoms with Crippen molar-refractivity contribution in [3.05, 3.63) is 35.6 Å². The van der Waals surface area contributed by atoms with Gasteiger partial charge in [-0.2, -0.15) is 0 Å². The van der Waals surface area contributed by atoms with Gasteiger partial charge in [0, 0.05) is 11.4 Å². The Morgan fingerprint density at radius 3 is 2.09 bits per heavy atom.